The number of carbonyl (C=O) groups excluding carboxylic acids is 1. The van der Waals surface area contributed by atoms with Crippen LogP contribution >= 0.6 is 15.9 Å². The van der Waals surface area contributed by atoms with Crippen LogP contribution in [0.5, 0.6) is 0 Å². The second-order valence-corrected chi connectivity index (χ2v) is 7.02. The molecule has 2 rings (SSSR count). The average molecular weight is 378 g/mol. The number of aryl methyl sites for hydroxylation is 1. The fourth-order valence-electron chi connectivity index (χ4n) is 1.82. The third-order valence-corrected chi connectivity index (χ3v) is 3.45. The minimum Gasteiger partial charge on any atom is -0.444 e. The van der Waals surface area contributed by atoms with Gasteiger partial charge in [0.1, 0.15) is 11.4 Å². The SMILES string of the molecule is Cc1ccc(Nc2ccc(NC(=O)OC(C)(C)C)cn2)c(Br)c1. The Labute approximate surface area is 144 Å². The number of halogens is 1. The highest BCUT2D eigenvalue weighted by atomic mass is 79.9. The van der Waals surface area contributed by atoms with Gasteiger partial charge < -0.3 is 10.1 Å². The molecule has 5 nitrogen and oxygen atoms in total. The zero-order chi connectivity index (χ0) is 17.0. The molecule has 0 saturated heterocycles. The maximum Gasteiger partial charge on any atom is 0.412 e. The van der Waals surface area contributed by atoms with Gasteiger partial charge in [0.15, 0.2) is 0 Å². The number of hydrogen-bond acceptors (Lipinski definition) is 4. The Hall–Kier alpha value is -2.08. The van der Waals surface area contributed by atoms with Crippen molar-refractivity contribution in [3.63, 3.8) is 0 Å². The highest BCUT2D eigenvalue weighted by Crippen LogP contribution is 2.26. The molecule has 1 heterocycles. The van der Waals surface area contributed by atoms with E-state index in [-0.39, 0.29) is 0 Å². The first kappa shape index (κ1) is 17.3. The van der Waals surface area contributed by atoms with E-state index in [4.69, 9.17) is 4.74 Å². The van der Waals surface area contributed by atoms with E-state index in [1.807, 2.05) is 45.9 Å². The summed E-state index contributed by atoms with van der Waals surface area (Å²) in [5.41, 5.74) is 2.15. The number of amides is 1. The van der Waals surface area contributed by atoms with E-state index in [1.54, 1.807) is 18.3 Å². The van der Waals surface area contributed by atoms with Crippen molar-refractivity contribution < 1.29 is 9.53 Å². The van der Waals surface area contributed by atoms with Gasteiger partial charge in [0.05, 0.1) is 17.6 Å². The van der Waals surface area contributed by atoms with Gasteiger partial charge >= 0.3 is 6.09 Å². The predicted octanol–water partition coefficient (Wildman–Crippen LogP) is 5.24. The zero-order valence-corrected chi connectivity index (χ0v) is 15.2. The summed E-state index contributed by atoms with van der Waals surface area (Å²) in [5, 5.41) is 5.86. The third-order valence-electron chi connectivity index (χ3n) is 2.80. The Morgan fingerprint density at radius 1 is 1.22 bits per heavy atom. The molecule has 0 unspecified atom stereocenters. The summed E-state index contributed by atoms with van der Waals surface area (Å²) in [6.45, 7) is 7.48. The summed E-state index contributed by atoms with van der Waals surface area (Å²) in [4.78, 5) is 16.0. The van der Waals surface area contributed by atoms with Crippen LogP contribution in [0.1, 0.15) is 26.3 Å². The van der Waals surface area contributed by atoms with E-state index in [0.29, 0.717) is 11.5 Å². The third kappa shape index (κ3) is 5.56. The van der Waals surface area contributed by atoms with Crippen molar-refractivity contribution in [3.8, 4) is 0 Å². The zero-order valence-electron chi connectivity index (χ0n) is 13.6. The maximum absolute atomic E-state index is 11.7. The highest BCUT2D eigenvalue weighted by Gasteiger charge is 2.16. The molecule has 0 saturated carbocycles. The van der Waals surface area contributed by atoms with Crippen LogP contribution in [0.25, 0.3) is 0 Å². The Morgan fingerprint density at radius 2 is 1.96 bits per heavy atom. The van der Waals surface area contributed by atoms with Crippen LogP contribution in [0.3, 0.4) is 0 Å². The van der Waals surface area contributed by atoms with E-state index in [9.17, 15) is 4.79 Å². The first-order valence-corrected chi connectivity index (χ1v) is 8.01. The number of aromatic nitrogens is 1. The van der Waals surface area contributed by atoms with Crippen molar-refractivity contribution in [2.45, 2.75) is 33.3 Å². The van der Waals surface area contributed by atoms with E-state index in [2.05, 4.69) is 31.5 Å². The van der Waals surface area contributed by atoms with E-state index >= 15 is 0 Å². The lowest BCUT2D eigenvalue weighted by atomic mass is 10.2. The molecular weight excluding hydrogens is 358 g/mol. The Kier molecular flexibility index (Phi) is 5.26. The van der Waals surface area contributed by atoms with E-state index in [1.165, 1.54) is 5.56 Å². The first-order valence-electron chi connectivity index (χ1n) is 7.22. The fraction of sp³-hybridized carbons (Fsp3) is 0.294. The van der Waals surface area contributed by atoms with E-state index < -0.39 is 11.7 Å². The minimum atomic E-state index is -0.531. The molecule has 1 aromatic carbocycles. The number of ether oxygens (including phenoxy) is 1. The number of pyridine rings is 1. The van der Waals surface area contributed by atoms with Gasteiger partial charge in [-0.15, -0.1) is 0 Å². The lowest BCUT2D eigenvalue weighted by Crippen LogP contribution is -2.27. The van der Waals surface area contributed by atoms with Gasteiger partial charge in [-0.25, -0.2) is 9.78 Å². The molecule has 1 amide bonds. The number of hydrogen-bond donors (Lipinski definition) is 2. The van der Waals surface area contributed by atoms with Crippen LogP contribution in [0.15, 0.2) is 41.0 Å². The molecule has 0 fully saturated rings. The van der Waals surface area contributed by atoms with Gasteiger partial charge in [0.25, 0.3) is 0 Å². The number of nitrogens with zero attached hydrogens (tertiary/aromatic N) is 1. The lowest BCUT2D eigenvalue weighted by molar-refractivity contribution is 0.0636. The van der Waals surface area contributed by atoms with Gasteiger partial charge in [-0.1, -0.05) is 6.07 Å². The fourth-order valence-corrected chi connectivity index (χ4v) is 2.42. The second kappa shape index (κ2) is 7.00. The van der Waals surface area contributed by atoms with Crippen LogP contribution in [-0.2, 0) is 4.74 Å². The van der Waals surface area contributed by atoms with Gasteiger partial charge in [-0.05, 0) is 73.5 Å². The van der Waals surface area contributed by atoms with Gasteiger partial charge in [-0.3, -0.25) is 5.32 Å². The standard InChI is InChI=1S/C17H20BrN3O2/c1-11-5-7-14(13(18)9-11)21-15-8-6-12(10-19-15)20-16(22)23-17(2,3)4/h5-10H,1-4H3,(H,19,21)(H,20,22). The summed E-state index contributed by atoms with van der Waals surface area (Å²) in [7, 11) is 0. The molecule has 1 aromatic heterocycles. The smallest absolute Gasteiger partial charge is 0.412 e. The summed E-state index contributed by atoms with van der Waals surface area (Å²) >= 11 is 3.52. The van der Waals surface area contributed by atoms with Gasteiger partial charge in [0, 0.05) is 4.47 Å². The Balaban J connectivity index is 2.01. The van der Waals surface area contributed by atoms with Crippen molar-refractivity contribution >= 4 is 39.2 Å². The van der Waals surface area contributed by atoms with E-state index in [0.717, 1.165) is 10.2 Å². The first-order chi connectivity index (χ1) is 10.7. The number of rotatable bonds is 3. The van der Waals surface area contributed by atoms with Crippen molar-refractivity contribution in [1.29, 1.82) is 0 Å². The van der Waals surface area contributed by atoms with Gasteiger partial charge in [-0.2, -0.15) is 0 Å². The summed E-state index contributed by atoms with van der Waals surface area (Å²) in [6.07, 6.45) is 1.08. The van der Waals surface area contributed by atoms with Crippen LogP contribution in [0.4, 0.5) is 22.0 Å². The maximum atomic E-state index is 11.7. The van der Waals surface area contributed by atoms with Crippen LogP contribution < -0.4 is 10.6 Å². The molecule has 2 N–H and O–H groups in total. The summed E-state index contributed by atoms with van der Waals surface area (Å²) in [5.74, 6) is 0.685. The number of nitrogens with one attached hydrogen (secondary N) is 2. The molecule has 0 radical (unpaired) electrons. The normalized spacial score (nSPS) is 11.0. The summed E-state index contributed by atoms with van der Waals surface area (Å²) in [6, 6.07) is 9.58. The Morgan fingerprint density at radius 3 is 2.52 bits per heavy atom. The second-order valence-electron chi connectivity index (χ2n) is 6.17. The molecule has 0 aliphatic rings. The molecule has 6 heteroatoms. The quantitative estimate of drug-likeness (QED) is 0.767. The molecular formula is C17H20BrN3O2. The van der Waals surface area contributed by atoms with Crippen molar-refractivity contribution in [2.24, 2.45) is 0 Å². The minimum absolute atomic E-state index is 0.499. The molecule has 0 atom stereocenters. The Bertz CT molecular complexity index is 694. The molecule has 0 aliphatic carbocycles. The number of carbonyl (C=O) groups is 1. The molecule has 2 aromatic rings. The molecule has 0 aliphatic heterocycles. The van der Waals surface area contributed by atoms with Crippen LogP contribution in [-0.4, -0.2) is 16.7 Å². The van der Waals surface area contributed by atoms with Gasteiger partial charge in [0.2, 0.25) is 0 Å². The molecule has 23 heavy (non-hydrogen) atoms. The van der Waals surface area contributed by atoms with Crippen LogP contribution in [0.2, 0.25) is 0 Å². The predicted molar refractivity (Wildman–Crippen MR) is 96.3 cm³/mol. The average Bonchev–Trinajstić information content (AvgIpc) is 2.42. The number of anilines is 3. The monoisotopic (exact) mass is 377 g/mol. The molecule has 0 spiro atoms. The molecule has 0 bridgehead atoms. The summed E-state index contributed by atoms with van der Waals surface area (Å²) < 4.78 is 6.16. The topological polar surface area (TPSA) is 63.2 Å². The lowest BCUT2D eigenvalue weighted by Gasteiger charge is -2.19. The highest BCUT2D eigenvalue weighted by molar-refractivity contribution is 9.10. The van der Waals surface area contributed by atoms with Crippen molar-refractivity contribution in [3.05, 3.63) is 46.6 Å². The largest absolute Gasteiger partial charge is 0.444 e. The van der Waals surface area contributed by atoms with Crippen molar-refractivity contribution in [1.82, 2.24) is 4.98 Å². The number of benzene rings is 1. The van der Waals surface area contributed by atoms with Crippen LogP contribution in [0, 0.1) is 6.92 Å². The van der Waals surface area contributed by atoms with Crippen molar-refractivity contribution in [2.75, 3.05) is 10.6 Å². The molecule has 122 valence electrons.